The highest BCUT2D eigenvalue weighted by atomic mass is 35.5. The number of aliphatic hydroxyl groups is 3. The molecule has 0 aromatic heterocycles. The van der Waals surface area contributed by atoms with Crippen molar-refractivity contribution in [3.05, 3.63) is 64.7 Å². The van der Waals surface area contributed by atoms with E-state index in [0.717, 1.165) is 5.56 Å². The van der Waals surface area contributed by atoms with Crippen LogP contribution in [0.15, 0.2) is 53.7 Å². The zero-order valence-corrected chi connectivity index (χ0v) is 39.8. The number of aliphatic hydroxyl groups excluding tert-OH is 2. The number of methoxy groups -OCH3 is 2. The van der Waals surface area contributed by atoms with Crippen LogP contribution in [-0.4, -0.2) is 133 Å². The molecule has 2 aromatic carbocycles. The Morgan fingerprint density at radius 1 is 1.03 bits per heavy atom. The minimum Gasteiger partial charge on any atom is -0.497 e. The van der Waals surface area contributed by atoms with Crippen LogP contribution in [0.25, 0.3) is 0 Å². The van der Waals surface area contributed by atoms with Gasteiger partial charge in [-0.1, -0.05) is 74.8 Å². The van der Waals surface area contributed by atoms with E-state index in [4.69, 9.17) is 44.9 Å². The van der Waals surface area contributed by atoms with Crippen molar-refractivity contribution < 1.29 is 58.2 Å². The number of hydrogen-bond acceptors (Lipinski definition) is 14. The SMILES string of the molecule is CC[C@H]1OC(=O)[C@H](C)[C@@H](OC(=O)NCCc2cccc(OC)c2)[C@H](C)[C@@H](O[C@@H]2O[C@H](C)C[C@H](N(C)C)[C@H]2O)[C@](C)(OC)C[C@@H](C)/C(=N/OCc2ccccc2Cl)[C@H](C)[C@@H](O)[C@]1(C)O. The largest absolute Gasteiger partial charge is 0.497 e. The maximum Gasteiger partial charge on any atom is 0.407 e. The molecule has 15 nitrogen and oxygen atoms in total. The number of rotatable bonds is 13. The van der Waals surface area contributed by atoms with Gasteiger partial charge in [0.05, 0.1) is 42.7 Å². The summed E-state index contributed by atoms with van der Waals surface area (Å²) in [6, 6.07) is 14.4. The van der Waals surface area contributed by atoms with Crippen LogP contribution in [0.5, 0.6) is 5.75 Å². The fourth-order valence-electron chi connectivity index (χ4n) is 9.06. The fraction of sp³-hybridized carbons (Fsp3) is 0.681. The first-order chi connectivity index (χ1) is 29.7. The van der Waals surface area contributed by atoms with E-state index in [1.165, 1.54) is 14.0 Å². The molecular formula is C47H72ClN3O12. The van der Waals surface area contributed by atoms with Crippen molar-refractivity contribution in [2.24, 2.45) is 28.8 Å². The van der Waals surface area contributed by atoms with Crippen LogP contribution in [0.3, 0.4) is 0 Å². The van der Waals surface area contributed by atoms with Crippen molar-refractivity contribution in [3.8, 4) is 5.75 Å². The average molecular weight is 907 g/mol. The summed E-state index contributed by atoms with van der Waals surface area (Å²) in [7, 11) is 6.87. The lowest BCUT2D eigenvalue weighted by molar-refractivity contribution is -0.301. The summed E-state index contributed by atoms with van der Waals surface area (Å²) in [4.78, 5) is 36.0. The predicted molar refractivity (Wildman–Crippen MR) is 239 cm³/mol. The van der Waals surface area contributed by atoms with Crippen LogP contribution in [0.2, 0.25) is 5.02 Å². The van der Waals surface area contributed by atoms with Gasteiger partial charge >= 0.3 is 12.1 Å². The maximum absolute atomic E-state index is 14.4. The molecule has 354 valence electrons. The van der Waals surface area contributed by atoms with Crippen molar-refractivity contribution in [1.82, 2.24) is 10.2 Å². The average Bonchev–Trinajstić information content (AvgIpc) is 3.25. The molecule has 63 heavy (non-hydrogen) atoms. The van der Waals surface area contributed by atoms with Gasteiger partial charge in [0, 0.05) is 48.0 Å². The summed E-state index contributed by atoms with van der Waals surface area (Å²) in [6.45, 7) is 14.1. The summed E-state index contributed by atoms with van der Waals surface area (Å²) in [5, 5.41) is 43.8. The monoisotopic (exact) mass is 905 g/mol. The van der Waals surface area contributed by atoms with E-state index in [-0.39, 0.29) is 38.1 Å². The molecular weight excluding hydrogens is 834 g/mol. The molecule has 1 amide bonds. The minimum absolute atomic E-state index is 0.0231. The molecule has 2 aliphatic heterocycles. The third-order valence-electron chi connectivity index (χ3n) is 12.9. The number of benzene rings is 2. The molecule has 2 heterocycles. The highest BCUT2D eigenvalue weighted by Crippen LogP contribution is 2.40. The number of hydrogen-bond donors (Lipinski definition) is 4. The van der Waals surface area contributed by atoms with E-state index in [0.29, 0.717) is 34.9 Å². The highest BCUT2D eigenvalue weighted by molar-refractivity contribution is 6.31. The molecule has 2 fully saturated rings. The Kier molecular flexibility index (Phi) is 19.1. The van der Waals surface area contributed by atoms with Crippen LogP contribution < -0.4 is 10.1 Å². The Morgan fingerprint density at radius 3 is 2.37 bits per heavy atom. The number of esters is 1. The quantitative estimate of drug-likeness (QED) is 0.133. The number of amides is 1. The molecule has 14 atom stereocenters. The van der Waals surface area contributed by atoms with Crippen LogP contribution in [0.4, 0.5) is 4.79 Å². The summed E-state index contributed by atoms with van der Waals surface area (Å²) in [6.07, 6.45) is -6.91. The van der Waals surface area contributed by atoms with Gasteiger partial charge in [-0.2, -0.15) is 0 Å². The second-order valence-electron chi connectivity index (χ2n) is 18.0. The maximum atomic E-state index is 14.4. The topological polar surface area (TPSA) is 187 Å². The molecule has 0 unspecified atom stereocenters. The molecule has 2 aliphatic rings. The normalized spacial score (nSPS) is 35.4. The number of oxime groups is 1. The molecule has 16 heteroatoms. The van der Waals surface area contributed by atoms with Crippen molar-refractivity contribution in [1.29, 1.82) is 0 Å². The van der Waals surface area contributed by atoms with Gasteiger partial charge in [0.1, 0.15) is 36.3 Å². The number of nitrogens with zero attached hydrogens (tertiary/aromatic N) is 2. The summed E-state index contributed by atoms with van der Waals surface area (Å²) < 4.78 is 37.3. The minimum atomic E-state index is -1.97. The van der Waals surface area contributed by atoms with Gasteiger partial charge in [-0.15, -0.1) is 0 Å². The Balaban J connectivity index is 1.83. The molecule has 4 N–H and O–H groups in total. The number of halogens is 1. The van der Waals surface area contributed by atoms with Gasteiger partial charge in [-0.25, -0.2) is 4.79 Å². The van der Waals surface area contributed by atoms with Crippen LogP contribution in [-0.2, 0) is 46.3 Å². The summed E-state index contributed by atoms with van der Waals surface area (Å²) >= 11 is 6.44. The Bertz CT molecular complexity index is 1820. The second kappa shape index (κ2) is 23.1. The smallest absolute Gasteiger partial charge is 0.407 e. The van der Waals surface area contributed by atoms with Crippen molar-refractivity contribution in [3.63, 3.8) is 0 Å². The number of alkyl carbamates (subject to hydrolysis) is 1. The number of carbonyl (C=O) groups is 2. The van der Waals surface area contributed by atoms with E-state index >= 15 is 0 Å². The Morgan fingerprint density at radius 2 is 1.73 bits per heavy atom. The highest BCUT2D eigenvalue weighted by Gasteiger charge is 2.52. The van der Waals surface area contributed by atoms with Crippen LogP contribution >= 0.6 is 11.6 Å². The predicted octanol–water partition coefficient (Wildman–Crippen LogP) is 6.16. The Labute approximate surface area is 378 Å². The number of ether oxygens (including phenoxy) is 6. The van der Waals surface area contributed by atoms with Gasteiger partial charge in [-0.3, -0.25) is 4.79 Å². The zero-order chi connectivity index (χ0) is 46.8. The number of nitrogens with one attached hydrogen (secondary N) is 1. The first kappa shape index (κ1) is 52.1. The zero-order valence-electron chi connectivity index (χ0n) is 39.1. The Hall–Kier alpha value is -3.54. The molecule has 0 spiro atoms. The summed E-state index contributed by atoms with van der Waals surface area (Å²) in [5.41, 5.74) is -1.24. The van der Waals surface area contributed by atoms with Crippen LogP contribution in [0.1, 0.15) is 85.8 Å². The third-order valence-corrected chi connectivity index (χ3v) is 13.3. The van der Waals surface area contributed by atoms with Crippen molar-refractivity contribution in [2.75, 3.05) is 34.9 Å². The van der Waals surface area contributed by atoms with Crippen LogP contribution in [0, 0.1) is 23.7 Å². The first-order valence-electron chi connectivity index (χ1n) is 22.0. The van der Waals surface area contributed by atoms with Gasteiger partial charge < -0.3 is 58.8 Å². The molecule has 0 bridgehead atoms. The molecule has 4 rings (SSSR count). The molecule has 0 radical (unpaired) electrons. The standard InChI is InChI=1S/C47H72ClN3O12/c1-13-37-47(8,56)41(53)29(4)38(50-59-26-33-18-14-15-20-35(33)48)27(2)25-46(7,58-12)42(63-44-39(52)36(51(9)10)23-28(3)60-44)30(5)40(31(6)43(54)61-37)62-45(55)49-22-21-32-17-16-19-34(24-32)57-11/h14-20,24,27-31,36-37,39-42,44,52-53,56H,13,21-23,25-26H2,1-12H3,(H,49,55)/b50-38-/t27-,28-,29+,30+,31-,36+,37-,39-,40+,41-,42-,44+,46-,47-/m1/s1. The fourth-order valence-corrected chi connectivity index (χ4v) is 9.25. The van der Waals surface area contributed by atoms with E-state index in [9.17, 15) is 24.9 Å². The lowest BCUT2D eigenvalue weighted by Gasteiger charge is -2.48. The van der Waals surface area contributed by atoms with Gasteiger partial charge in [0.25, 0.3) is 0 Å². The van der Waals surface area contributed by atoms with E-state index in [2.05, 4.69) is 10.5 Å². The number of cyclic esters (lactones) is 1. The third kappa shape index (κ3) is 13.1. The molecule has 0 aliphatic carbocycles. The van der Waals surface area contributed by atoms with Crippen molar-refractivity contribution in [2.45, 2.75) is 148 Å². The van der Waals surface area contributed by atoms with Gasteiger partial charge in [0.2, 0.25) is 0 Å². The van der Waals surface area contributed by atoms with E-state index in [1.807, 2.05) is 82.2 Å². The first-order valence-corrected chi connectivity index (χ1v) is 22.4. The van der Waals surface area contributed by atoms with Gasteiger partial charge in [0.15, 0.2) is 6.29 Å². The van der Waals surface area contributed by atoms with E-state index < -0.39 is 83.7 Å². The van der Waals surface area contributed by atoms with Crippen molar-refractivity contribution >= 4 is 29.4 Å². The van der Waals surface area contributed by atoms with E-state index in [1.54, 1.807) is 40.9 Å². The summed E-state index contributed by atoms with van der Waals surface area (Å²) in [5.74, 6) is -3.41. The number of likely N-dealkylation sites (N-methyl/N-ethyl adjacent to an activating group) is 1. The number of carbonyl (C=O) groups excluding carboxylic acids is 2. The van der Waals surface area contributed by atoms with Gasteiger partial charge in [-0.05, 0) is 91.2 Å². The second-order valence-corrected chi connectivity index (χ2v) is 18.4. The molecule has 2 saturated heterocycles. The lowest BCUT2D eigenvalue weighted by atomic mass is 9.73. The lowest BCUT2D eigenvalue weighted by Crippen LogP contribution is -2.60. The molecule has 0 saturated carbocycles. The molecule has 2 aromatic rings.